The van der Waals surface area contributed by atoms with E-state index >= 15 is 0 Å². The van der Waals surface area contributed by atoms with Crippen molar-refractivity contribution in [3.63, 3.8) is 0 Å². The van der Waals surface area contributed by atoms with E-state index < -0.39 is 10.8 Å². The lowest BCUT2D eigenvalue weighted by molar-refractivity contribution is 0.685. The fraction of sp³-hybridized carbons (Fsp3) is 0.400. The molecule has 0 saturated heterocycles. The summed E-state index contributed by atoms with van der Waals surface area (Å²) in [4.78, 5) is 0. The normalized spacial score (nSPS) is 12.4. The maximum Gasteiger partial charge on any atom is 0.0574 e. The van der Waals surface area contributed by atoms with Gasteiger partial charge in [-0.15, -0.1) is 0 Å². The van der Waals surface area contributed by atoms with Gasteiger partial charge in [-0.3, -0.25) is 4.21 Å². The number of rotatable bonds is 5. The van der Waals surface area contributed by atoms with E-state index in [0.29, 0.717) is 0 Å². The lowest BCUT2D eigenvalue weighted by atomic mass is 10.2. The second-order valence-corrected chi connectivity index (χ2v) is 6.09. The second kappa shape index (κ2) is 6.32. The zero-order valence-electron chi connectivity index (χ0n) is 8.63. The Morgan fingerprint density at radius 3 is 2.87 bits per heavy atom. The third-order valence-electron chi connectivity index (χ3n) is 1.94. The van der Waals surface area contributed by atoms with Crippen LogP contribution in [0.5, 0.6) is 0 Å². The van der Waals surface area contributed by atoms with Gasteiger partial charge in [0, 0.05) is 32.9 Å². The highest BCUT2D eigenvalue weighted by atomic mass is 127. The molecule has 0 bridgehead atoms. The first-order chi connectivity index (χ1) is 7.09. The van der Waals surface area contributed by atoms with E-state index in [4.69, 9.17) is 5.73 Å². The van der Waals surface area contributed by atoms with Crippen LogP contribution in [-0.2, 0) is 10.8 Å². The number of benzene rings is 1. The Balaban J connectivity index is 2.40. The van der Waals surface area contributed by atoms with Crippen molar-refractivity contribution >= 4 is 44.8 Å². The van der Waals surface area contributed by atoms with Crippen LogP contribution in [0.25, 0.3) is 0 Å². The van der Waals surface area contributed by atoms with Crippen molar-refractivity contribution in [2.24, 2.45) is 0 Å². The summed E-state index contributed by atoms with van der Waals surface area (Å²) < 4.78 is 12.0. The number of halogens is 1. The fourth-order valence-electron chi connectivity index (χ4n) is 1.19. The van der Waals surface area contributed by atoms with Crippen LogP contribution in [0.3, 0.4) is 0 Å². The minimum atomic E-state index is -0.705. The van der Waals surface area contributed by atoms with Crippen LogP contribution in [0.15, 0.2) is 18.2 Å². The van der Waals surface area contributed by atoms with Gasteiger partial charge < -0.3 is 11.1 Å². The number of nitrogens with one attached hydrogen (secondary N) is 1. The SMILES string of the molecule is CS(=O)CCCNc1ccc(I)cc1N. The number of nitrogen functional groups attached to an aromatic ring is 1. The van der Waals surface area contributed by atoms with E-state index in [9.17, 15) is 4.21 Å². The van der Waals surface area contributed by atoms with E-state index in [-0.39, 0.29) is 0 Å². The van der Waals surface area contributed by atoms with Crippen molar-refractivity contribution < 1.29 is 4.21 Å². The Morgan fingerprint density at radius 2 is 2.27 bits per heavy atom. The molecule has 0 aliphatic heterocycles. The molecule has 0 saturated carbocycles. The van der Waals surface area contributed by atoms with E-state index in [1.165, 1.54) is 0 Å². The van der Waals surface area contributed by atoms with E-state index in [1.807, 2.05) is 18.2 Å². The minimum Gasteiger partial charge on any atom is -0.397 e. The van der Waals surface area contributed by atoms with Gasteiger partial charge in [-0.2, -0.15) is 0 Å². The Hall–Kier alpha value is -0.300. The van der Waals surface area contributed by atoms with Gasteiger partial charge in [0.25, 0.3) is 0 Å². The van der Waals surface area contributed by atoms with Crippen LogP contribution in [-0.4, -0.2) is 22.8 Å². The molecule has 15 heavy (non-hydrogen) atoms. The average molecular weight is 338 g/mol. The Morgan fingerprint density at radius 1 is 1.53 bits per heavy atom. The third-order valence-corrected chi connectivity index (χ3v) is 3.47. The smallest absolute Gasteiger partial charge is 0.0574 e. The highest BCUT2D eigenvalue weighted by Crippen LogP contribution is 2.20. The lowest BCUT2D eigenvalue weighted by Crippen LogP contribution is -2.07. The zero-order valence-corrected chi connectivity index (χ0v) is 11.6. The zero-order chi connectivity index (χ0) is 11.3. The summed E-state index contributed by atoms with van der Waals surface area (Å²) in [5.74, 6) is 0.733. The standard InChI is InChI=1S/C10H15IN2OS/c1-15(14)6-2-5-13-10-4-3-8(11)7-9(10)12/h3-4,7,13H,2,5-6,12H2,1H3. The summed E-state index contributed by atoms with van der Waals surface area (Å²) in [6, 6.07) is 5.91. The molecule has 1 atom stereocenters. The molecule has 0 aliphatic carbocycles. The number of hydrogen-bond donors (Lipinski definition) is 2. The average Bonchev–Trinajstić information content (AvgIpc) is 2.14. The molecule has 0 fully saturated rings. The van der Waals surface area contributed by atoms with Crippen LogP contribution in [0.4, 0.5) is 11.4 Å². The van der Waals surface area contributed by atoms with Gasteiger partial charge in [0.05, 0.1) is 11.4 Å². The van der Waals surface area contributed by atoms with E-state index in [2.05, 4.69) is 27.9 Å². The molecule has 3 nitrogen and oxygen atoms in total. The molecular formula is C10H15IN2OS. The number of anilines is 2. The van der Waals surface area contributed by atoms with Crippen molar-refractivity contribution in [3.05, 3.63) is 21.8 Å². The summed E-state index contributed by atoms with van der Waals surface area (Å²) in [6.45, 7) is 0.810. The van der Waals surface area contributed by atoms with Crippen LogP contribution in [0.1, 0.15) is 6.42 Å². The molecule has 5 heteroatoms. The van der Waals surface area contributed by atoms with Gasteiger partial charge in [-0.25, -0.2) is 0 Å². The molecule has 0 aliphatic rings. The Kier molecular flexibility index (Phi) is 5.38. The topological polar surface area (TPSA) is 55.1 Å². The van der Waals surface area contributed by atoms with Gasteiger partial charge in [0.2, 0.25) is 0 Å². The predicted molar refractivity (Wildman–Crippen MR) is 75.6 cm³/mol. The molecule has 3 N–H and O–H groups in total. The Labute approximate surface area is 106 Å². The summed E-state index contributed by atoms with van der Waals surface area (Å²) in [6.07, 6.45) is 2.62. The Bertz CT molecular complexity index is 357. The number of nitrogens with two attached hydrogens (primary N) is 1. The molecule has 0 heterocycles. The van der Waals surface area contributed by atoms with Gasteiger partial charge in [0.1, 0.15) is 0 Å². The van der Waals surface area contributed by atoms with Crippen LogP contribution >= 0.6 is 22.6 Å². The fourth-order valence-corrected chi connectivity index (χ4v) is 2.26. The maximum atomic E-state index is 10.8. The minimum absolute atomic E-state index is 0.705. The molecular weight excluding hydrogens is 323 g/mol. The lowest BCUT2D eigenvalue weighted by Gasteiger charge is -2.08. The largest absolute Gasteiger partial charge is 0.397 e. The van der Waals surface area contributed by atoms with E-state index in [1.54, 1.807) is 6.26 Å². The molecule has 0 spiro atoms. The summed E-state index contributed by atoms with van der Waals surface area (Å²) in [7, 11) is -0.705. The summed E-state index contributed by atoms with van der Waals surface area (Å²) in [5, 5.41) is 3.23. The molecule has 1 aromatic carbocycles. The van der Waals surface area contributed by atoms with Crippen molar-refractivity contribution in [1.82, 2.24) is 0 Å². The van der Waals surface area contributed by atoms with Gasteiger partial charge in [0.15, 0.2) is 0 Å². The molecule has 1 rings (SSSR count). The first-order valence-electron chi connectivity index (χ1n) is 4.68. The highest BCUT2D eigenvalue weighted by molar-refractivity contribution is 14.1. The first kappa shape index (κ1) is 12.8. The van der Waals surface area contributed by atoms with Crippen LogP contribution in [0, 0.1) is 3.57 Å². The molecule has 84 valence electrons. The van der Waals surface area contributed by atoms with Crippen molar-refractivity contribution in [3.8, 4) is 0 Å². The second-order valence-electron chi connectivity index (χ2n) is 3.29. The monoisotopic (exact) mass is 338 g/mol. The maximum absolute atomic E-state index is 10.8. The highest BCUT2D eigenvalue weighted by Gasteiger charge is 1.98. The molecule has 1 unspecified atom stereocenters. The van der Waals surface area contributed by atoms with Crippen LogP contribution in [0.2, 0.25) is 0 Å². The quantitative estimate of drug-likeness (QED) is 0.491. The summed E-state index contributed by atoms with van der Waals surface area (Å²) >= 11 is 2.23. The predicted octanol–water partition coefficient (Wildman–Crippen LogP) is 2.05. The summed E-state index contributed by atoms with van der Waals surface area (Å²) in [5.41, 5.74) is 7.56. The third kappa shape index (κ3) is 4.83. The van der Waals surface area contributed by atoms with E-state index in [0.717, 1.165) is 33.7 Å². The van der Waals surface area contributed by atoms with Gasteiger partial charge in [-0.05, 0) is 47.2 Å². The first-order valence-corrected chi connectivity index (χ1v) is 7.49. The number of hydrogen-bond acceptors (Lipinski definition) is 3. The van der Waals surface area contributed by atoms with Crippen LogP contribution < -0.4 is 11.1 Å². The van der Waals surface area contributed by atoms with Gasteiger partial charge >= 0.3 is 0 Å². The van der Waals surface area contributed by atoms with Crippen molar-refractivity contribution in [2.75, 3.05) is 29.6 Å². The molecule has 0 radical (unpaired) electrons. The van der Waals surface area contributed by atoms with Crippen molar-refractivity contribution in [2.45, 2.75) is 6.42 Å². The molecule has 1 aromatic rings. The van der Waals surface area contributed by atoms with Crippen molar-refractivity contribution in [1.29, 1.82) is 0 Å². The molecule has 0 amide bonds. The molecule has 0 aromatic heterocycles. The van der Waals surface area contributed by atoms with Gasteiger partial charge in [-0.1, -0.05) is 0 Å².